The van der Waals surface area contributed by atoms with E-state index >= 15 is 0 Å². The topological polar surface area (TPSA) is 49.2 Å². The lowest BCUT2D eigenvalue weighted by Gasteiger charge is -2.18. The summed E-state index contributed by atoms with van der Waals surface area (Å²) in [7, 11) is 1.61. The third kappa shape index (κ3) is 2.07. The van der Waals surface area contributed by atoms with Gasteiger partial charge in [0, 0.05) is 12.7 Å². The molecule has 102 valence electrons. The summed E-state index contributed by atoms with van der Waals surface area (Å²) in [6.45, 7) is 2.83. The second kappa shape index (κ2) is 4.98. The quantitative estimate of drug-likeness (QED) is 0.811. The smallest absolute Gasteiger partial charge is 0.215 e. The Morgan fingerprint density at radius 1 is 1.47 bits per heavy atom. The predicted molar refractivity (Wildman–Crippen MR) is 72.7 cm³/mol. The van der Waals surface area contributed by atoms with Crippen LogP contribution in [0.5, 0.6) is 5.88 Å². The van der Waals surface area contributed by atoms with E-state index in [1.165, 1.54) is 0 Å². The van der Waals surface area contributed by atoms with E-state index in [-0.39, 0.29) is 12.1 Å². The Bertz CT molecular complexity index is 599. The van der Waals surface area contributed by atoms with E-state index in [1.54, 1.807) is 7.11 Å². The highest BCUT2D eigenvalue weighted by Gasteiger charge is 2.29. The van der Waals surface area contributed by atoms with Crippen molar-refractivity contribution in [3.05, 3.63) is 18.0 Å². The summed E-state index contributed by atoms with van der Waals surface area (Å²) in [5.74, 6) is 1.78. The van der Waals surface area contributed by atoms with Crippen LogP contribution in [0.25, 0.3) is 11.2 Å². The first kappa shape index (κ1) is 12.7. The van der Waals surface area contributed by atoms with Gasteiger partial charge in [0.1, 0.15) is 11.3 Å². The van der Waals surface area contributed by atoms with Crippen LogP contribution in [0.2, 0.25) is 0 Å². The van der Waals surface area contributed by atoms with E-state index in [9.17, 15) is 0 Å². The van der Waals surface area contributed by atoms with Crippen LogP contribution in [0.1, 0.15) is 25.2 Å². The maximum Gasteiger partial charge on any atom is 0.215 e. The number of nitrogens with zero attached hydrogens (tertiary/aromatic N) is 3. The van der Waals surface area contributed by atoms with Gasteiger partial charge in [-0.3, -0.25) is 0 Å². The third-order valence-electron chi connectivity index (χ3n) is 3.58. The SMILES string of the molecule is COc1ccc2nc(CCl)n(C3CCOC3C)c2n1. The first-order valence-corrected chi connectivity index (χ1v) is 6.87. The van der Waals surface area contributed by atoms with Gasteiger partial charge in [-0.15, -0.1) is 11.6 Å². The van der Waals surface area contributed by atoms with E-state index in [0.29, 0.717) is 11.8 Å². The summed E-state index contributed by atoms with van der Waals surface area (Å²) < 4.78 is 12.9. The zero-order chi connectivity index (χ0) is 13.4. The molecule has 5 nitrogen and oxygen atoms in total. The molecule has 0 N–H and O–H groups in total. The Hall–Kier alpha value is -1.33. The largest absolute Gasteiger partial charge is 0.481 e. The number of fused-ring (bicyclic) bond motifs is 1. The Labute approximate surface area is 116 Å². The van der Waals surface area contributed by atoms with Crippen molar-refractivity contribution < 1.29 is 9.47 Å². The van der Waals surface area contributed by atoms with Crippen molar-refractivity contribution in [2.75, 3.05) is 13.7 Å². The van der Waals surface area contributed by atoms with Crippen molar-refractivity contribution in [3.8, 4) is 5.88 Å². The number of hydrogen-bond acceptors (Lipinski definition) is 4. The number of halogens is 1. The van der Waals surface area contributed by atoms with Crippen LogP contribution in [-0.2, 0) is 10.6 Å². The summed E-state index contributed by atoms with van der Waals surface area (Å²) in [5.41, 5.74) is 1.66. The first-order valence-electron chi connectivity index (χ1n) is 6.34. The minimum atomic E-state index is 0.146. The van der Waals surface area contributed by atoms with Crippen LogP contribution < -0.4 is 4.74 Å². The molecule has 1 fully saturated rings. The molecule has 0 bridgehead atoms. The molecule has 1 saturated heterocycles. The highest BCUT2D eigenvalue weighted by molar-refractivity contribution is 6.16. The van der Waals surface area contributed by atoms with Gasteiger partial charge in [0.2, 0.25) is 5.88 Å². The van der Waals surface area contributed by atoms with Gasteiger partial charge in [0.05, 0.1) is 25.1 Å². The lowest BCUT2D eigenvalue weighted by atomic mass is 10.1. The Balaban J connectivity index is 2.18. The Kier molecular flexibility index (Phi) is 3.33. The molecule has 0 spiro atoms. The summed E-state index contributed by atoms with van der Waals surface area (Å²) in [6, 6.07) is 3.96. The maximum absolute atomic E-state index is 6.02. The molecule has 19 heavy (non-hydrogen) atoms. The third-order valence-corrected chi connectivity index (χ3v) is 3.82. The number of rotatable bonds is 3. The molecule has 2 aromatic rings. The highest BCUT2D eigenvalue weighted by atomic mass is 35.5. The molecular formula is C13H16ClN3O2. The van der Waals surface area contributed by atoms with Gasteiger partial charge >= 0.3 is 0 Å². The van der Waals surface area contributed by atoms with Crippen LogP contribution in [0.4, 0.5) is 0 Å². The molecule has 6 heteroatoms. The van der Waals surface area contributed by atoms with E-state index in [2.05, 4.69) is 21.5 Å². The van der Waals surface area contributed by atoms with Crippen molar-refractivity contribution in [3.63, 3.8) is 0 Å². The van der Waals surface area contributed by atoms with E-state index in [1.807, 2.05) is 12.1 Å². The number of ether oxygens (including phenoxy) is 2. The zero-order valence-electron chi connectivity index (χ0n) is 11.0. The van der Waals surface area contributed by atoms with Crippen molar-refractivity contribution in [1.82, 2.24) is 14.5 Å². The fraction of sp³-hybridized carbons (Fsp3) is 0.538. The van der Waals surface area contributed by atoms with Crippen molar-refractivity contribution >= 4 is 22.8 Å². The maximum atomic E-state index is 6.02. The molecule has 2 atom stereocenters. The molecule has 2 unspecified atom stereocenters. The molecule has 0 amide bonds. The molecule has 0 aliphatic carbocycles. The number of imidazole rings is 1. The summed E-state index contributed by atoms with van der Waals surface area (Å²) in [4.78, 5) is 9.05. The Morgan fingerprint density at radius 3 is 2.95 bits per heavy atom. The average molecular weight is 282 g/mol. The van der Waals surface area contributed by atoms with Gasteiger partial charge in [0.15, 0.2) is 5.65 Å². The van der Waals surface area contributed by atoms with Crippen LogP contribution in [-0.4, -0.2) is 34.4 Å². The van der Waals surface area contributed by atoms with Crippen LogP contribution >= 0.6 is 11.6 Å². The van der Waals surface area contributed by atoms with Gasteiger partial charge in [0.25, 0.3) is 0 Å². The molecular weight excluding hydrogens is 266 g/mol. The number of pyridine rings is 1. The van der Waals surface area contributed by atoms with Gasteiger partial charge < -0.3 is 14.0 Å². The lowest BCUT2D eigenvalue weighted by Crippen LogP contribution is -2.19. The van der Waals surface area contributed by atoms with Crippen molar-refractivity contribution in [2.45, 2.75) is 31.4 Å². The minimum Gasteiger partial charge on any atom is -0.481 e. The number of alkyl halides is 1. The van der Waals surface area contributed by atoms with Crippen molar-refractivity contribution in [2.24, 2.45) is 0 Å². The molecule has 3 rings (SSSR count). The summed E-state index contributed by atoms with van der Waals surface area (Å²) in [6.07, 6.45) is 1.10. The Morgan fingerprint density at radius 2 is 2.32 bits per heavy atom. The monoisotopic (exact) mass is 281 g/mol. The number of hydrogen-bond donors (Lipinski definition) is 0. The summed E-state index contributed by atoms with van der Waals surface area (Å²) >= 11 is 6.02. The lowest BCUT2D eigenvalue weighted by molar-refractivity contribution is 0.108. The molecule has 3 heterocycles. The minimum absolute atomic E-state index is 0.146. The second-order valence-electron chi connectivity index (χ2n) is 4.66. The first-order chi connectivity index (χ1) is 9.24. The van der Waals surface area contributed by atoms with Crippen LogP contribution in [0.15, 0.2) is 12.1 Å². The number of aromatic nitrogens is 3. The van der Waals surface area contributed by atoms with Gasteiger partial charge in [-0.2, -0.15) is 4.98 Å². The fourth-order valence-electron chi connectivity index (χ4n) is 2.62. The molecule has 0 aromatic carbocycles. The van der Waals surface area contributed by atoms with Crippen molar-refractivity contribution in [1.29, 1.82) is 0 Å². The zero-order valence-corrected chi connectivity index (χ0v) is 11.7. The van der Waals surface area contributed by atoms with Crippen LogP contribution in [0, 0.1) is 0 Å². The second-order valence-corrected chi connectivity index (χ2v) is 4.93. The molecule has 0 saturated carbocycles. The van der Waals surface area contributed by atoms with E-state index < -0.39 is 0 Å². The normalized spacial score (nSPS) is 23.1. The van der Waals surface area contributed by atoms with E-state index in [0.717, 1.165) is 30.0 Å². The van der Waals surface area contributed by atoms with Gasteiger partial charge in [-0.25, -0.2) is 4.98 Å². The highest BCUT2D eigenvalue weighted by Crippen LogP contribution is 2.31. The van der Waals surface area contributed by atoms with Gasteiger partial charge in [-0.05, 0) is 19.4 Å². The standard InChI is InChI=1S/C13H16ClN3O2/c1-8-10(5-6-19-8)17-11(7-14)15-9-3-4-12(18-2)16-13(9)17/h3-4,8,10H,5-7H2,1-2H3. The average Bonchev–Trinajstić information content (AvgIpc) is 3.00. The predicted octanol–water partition coefficient (Wildman–Crippen LogP) is 2.53. The van der Waals surface area contributed by atoms with E-state index in [4.69, 9.17) is 21.1 Å². The number of methoxy groups -OCH3 is 1. The van der Waals surface area contributed by atoms with Gasteiger partial charge in [-0.1, -0.05) is 0 Å². The molecule has 1 aliphatic heterocycles. The molecule has 1 aliphatic rings. The van der Waals surface area contributed by atoms with Crippen LogP contribution in [0.3, 0.4) is 0 Å². The molecule has 2 aromatic heterocycles. The summed E-state index contributed by atoms with van der Waals surface area (Å²) in [5, 5.41) is 0. The molecule has 0 radical (unpaired) electrons. The fourth-order valence-corrected chi connectivity index (χ4v) is 2.81.